The molecule has 0 saturated carbocycles. The monoisotopic (exact) mass is 725 g/mol. The van der Waals surface area contributed by atoms with Crippen molar-refractivity contribution in [1.82, 2.24) is 0 Å². The number of rotatable bonds is 8. The first kappa shape index (κ1) is 34.0. The lowest BCUT2D eigenvalue weighted by Crippen LogP contribution is -2.12. The molecule has 10 aromatic rings. The molecule has 0 aliphatic carbocycles. The molecule has 57 heavy (non-hydrogen) atoms. The van der Waals surface area contributed by atoms with Crippen molar-refractivity contribution >= 4 is 38.6 Å². The molecule has 10 aromatic carbocycles. The Hall–Kier alpha value is -7.48. The van der Waals surface area contributed by atoms with Crippen LogP contribution in [0.15, 0.2) is 237 Å². The molecule has 0 saturated heterocycles. The average Bonchev–Trinajstić information content (AvgIpc) is 3.30. The molecular formula is C56H39N. The molecule has 10 rings (SSSR count). The maximum absolute atomic E-state index is 2.44. The maximum Gasteiger partial charge on any atom is 0.0540 e. The van der Waals surface area contributed by atoms with Crippen molar-refractivity contribution < 1.29 is 0 Å². The summed E-state index contributed by atoms with van der Waals surface area (Å²) in [6.07, 6.45) is 0. The molecular weight excluding hydrogens is 687 g/mol. The fourth-order valence-electron chi connectivity index (χ4n) is 8.28. The Balaban J connectivity index is 1.15. The molecule has 0 aromatic heterocycles. The summed E-state index contributed by atoms with van der Waals surface area (Å²) in [5, 5.41) is 4.90. The minimum Gasteiger partial charge on any atom is -0.309 e. The third-order valence-corrected chi connectivity index (χ3v) is 11.1. The third kappa shape index (κ3) is 6.56. The van der Waals surface area contributed by atoms with E-state index in [0.717, 1.165) is 22.6 Å². The number of nitrogens with zero attached hydrogens (tertiary/aromatic N) is 1. The summed E-state index contributed by atoms with van der Waals surface area (Å²) in [4.78, 5) is 2.44. The molecule has 1 nitrogen and oxygen atoms in total. The van der Waals surface area contributed by atoms with E-state index in [4.69, 9.17) is 0 Å². The molecule has 0 amide bonds. The highest BCUT2D eigenvalue weighted by Gasteiger charge is 2.22. The zero-order valence-corrected chi connectivity index (χ0v) is 31.5. The Morgan fingerprint density at radius 3 is 1.49 bits per heavy atom. The minimum atomic E-state index is 1.10. The van der Waals surface area contributed by atoms with Crippen LogP contribution in [0.1, 0.15) is 0 Å². The Morgan fingerprint density at radius 1 is 0.228 bits per heavy atom. The van der Waals surface area contributed by atoms with E-state index in [0.29, 0.717) is 0 Å². The van der Waals surface area contributed by atoms with Crippen LogP contribution in [0, 0.1) is 0 Å². The van der Waals surface area contributed by atoms with Crippen LogP contribution < -0.4 is 4.90 Å². The number of anilines is 3. The second-order valence-electron chi connectivity index (χ2n) is 14.5. The molecule has 0 heterocycles. The van der Waals surface area contributed by atoms with Crippen LogP contribution in [-0.2, 0) is 0 Å². The summed E-state index contributed by atoms with van der Waals surface area (Å²) in [5.74, 6) is 0. The zero-order chi connectivity index (χ0) is 38.0. The average molecular weight is 726 g/mol. The smallest absolute Gasteiger partial charge is 0.0540 e. The van der Waals surface area contributed by atoms with E-state index in [1.807, 2.05) is 0 Å². The van der Waals surface area contributed by atoms with Crippen molar-refractivity contribution in [2.24, 2.45) is 0 Å². The topological polar surface area (TPSA) is 3.24 Å². The zero-order valence-electron chi connectivity index (χ0n) is 31.5. The van der Waals surface area contributed by atoms with Gasteiger partial charge < -0.3 is 4.90 Å². The van der Waals surface area contributed by atoms with Gasteiger partial charge in [-0.2, -0.15) is 0 Å². The van der Waals surface area contributed by atoms with Gasteiger partial charge in [0, 0.05) is 16.6 Å². The van der Waals surface area contributed by atoms with E-state index < -0.39 is 0 Å². The van der Waals surface area contributed by atoms with Crippen LogP contribution in [0.5, 0.6) is 0 Å². The van der Waals surface area contributed by atoms with Crippen LogP contribution in [-0.4, -0.2) is 0 Å². The molecule has 0 radical (unpaired) electrons. The number of hydrogen-bond donors (Lipinski definition) is 0. The van der Waals surface area contributed by atoms with E-state index >= 15 is 0 Å². The van der Waals surface area contributed by atoms with Gasteiger partial charge in [-0.1, -0.05) is 200 Å². The van der Waals surface area contributed by atoms with Crippen LogP contribution in [0.3, 0.4) is 0 Å². The highest BCUT2D eigenvalue weighted by molar-refractivity contribution is 6.03. The van der Waals surface area contributed by atoms with Crippen molar-refractivity contribution in [2.75, 3.05) is 4.90 Å². The summed E-state index contributed by atoms with van der Waals surface area (Å²) in [7, 11) is 0. The van der Waals surface area contributed by atoms with Gasteiger partial charge in [-0.25, -0.2) is 0 Å². The van der Waals surface area contributed by atoms with Crippen molar-refractivity contribution in [3.05, 3.63) is 237 Å². The molecule has 1 heteroatoms. The molecule has 268 valence electrons. The van der Waals surface area contributed by atoms with Crippen molar-refractivity contribution in [3.63, 3.8) is 0 Å². The van der Waals surface area contributed by atoms with E-state index in [9.17, 15) is 0 Å². The van der Waals surface area contributed by atoms with Gasteiger partial charge in [0.05, 0.1) is 11.4 Å². The molecule has 0 bridgehead atoms. The van der Waals surface area contributed by atoms with Gasteiger partial charge in [-0.3, -0.25) is 0 Å². The summed E-state index contributed by atoms with van der Waals surface area (Å²) < 4.78 is 0. The molecule has 0 N–H and O–H groups in total. The van der Waals surface area contributed by atoms with Gasteiger partial charge in [0.15, 0.2) is 0 Å². The Kier molecular flexibility index (Phi) is 8.95. The van der Waals surface area contributed by atoms with Gasteiger partial charge in [0.2, 0.25) is 0 Å². The lowest BCUT2D eigenvalue weighted by atomic mass is 9.87. The van der Waals surface area contributed by atoms with Gasteiger partial charge in [0.1, 0.15) is 0 Å². The number of fused-ring (bicyclic) bond motifs is 2. The second kappa shape index (κ2) is 15.0. The Labute approximate surface area is 334 Å². The third-order valence-electron chi connectivity index (χ3n) is 11.1. The summed E-state index contributed by atoms with van der Waals surface area (Å²) in [6, 6.07) is 85.7. The van der Waals surface area contributed by atoms with Crippen LogP contribution in [0.25, 0.3) is 77.2 Å². The van der Waals surface area contributed by atoms with E-state index in [2.05, 4.69) is 241 Å². The van der Waals surface area contributed by atoms with Gasteiger partial charge in [-0.15, -0.1) is 0 Å². The first-order valence-corrected chi connectivity index (χ1v) is 19.6. The summed E-state index contributed by atoms with van der Waals surface area (Å²) in [5.41, 5.74) is 15.3. The highest BCUT2D eigenvalue weighted by atomic mass is 15.1. The van der Waals surface area contributed by atoms with Gasteiger partial charge in [-0.05, 0) is 103 Å². The number of para-hydroxylation sites is 1. The Bertz CT molecular complexity index is 2990. The standard InChI is InChI=1S/C56H39N/c1-3-16-40(17-4-1)47-34-37-52(54(39-47)44-19-5-2-6-20-44)50-25-11-12-26-51(50)53-27-13-14-28-56(53)57(55-29-15-23-43-21-9-10-24-49(43)55)48-35-32-42(33-36-48)46-31-30-41-18-7-8-22-45(41)38-46/h1-39H. The summed E-state index contributed by atoms with van der Waals surface area (Å²) in [6.45, 7) is 0. The maximum atomic E-state index is 2.44. The number of hydrogen-bond acceptors (Lipinski definition) is 1. The van der Waals surface area contributed by atoms with Gasteiger partial charge in [0.25, 0.3) is 0 Å². The van der Waals surface area contributed by atoms with Crippen LogP contribution >= 0.6 is 0 Å². The molecule has 0 fully saturated rings. The molecule has 0 aliphatic heterocycles. The lowest BCUT2D eigenvalue weighted by molar-refractivity contribution is 1.30. The quantitative estimate of drug-likeness (QED) is 0.151. The predicted octanol–water partition coefficient (Wildman–Crippen LogP) is 15.8. The molecule has 0 unspecified atom stereocenters. The summed E-state index contributed by atoms with van der Waals surface area (Å²) >= 11 is 0. The van der Waals surface area contributed by atoms with E-state index in [-0.39, 0.29) is 0 Å². The molecule has 0 spiro atoms. The van der Waals surface area contributed by atoms with Crippen molar-refractivity contribution in [2.45, 2.75) is 0 Å². The molecule has 0 atom stereocenters. The SMILES string of the molecule is c1ccc(-c2ccc(-c3ccccc3-c3ccccc3N(c3ccc(-c4ccc5ccccc5c4)cc3)c3cccc4ccccc34)c(-c3ccccc3)c2)cc1. The van der Waals surface area contributed by atoms with Gasteiger partial charge >= 0.3 is 0 Å². The second-order valence-corrected chi connectivity index (χ2v) is 14.5. The number of benzene rings is 10. The fraction of sp³-hybridized carbons (Fsp3) is 0. The van der Waals surface area contributed by atoms with E-state index in [1.54, 1.807) is 0 Å². The molecule has 0 aliphatic rings. The predicted molar refractivity (Wildman–Crippen MR) is 243 cm³/mol. The van der Waals surface area contributed by atoms with E-state index in [1.165, 1.54) is 71.6 Å². The minimum absolute atomic E-state index is 1.10. The normalized spacial score (nSPS) is 11.2. The Morgan fingerprint density at radius 2 is 0.719 bits per heavy atom. The first-order chi connectivity index (χ1) is 28.3. The van der Waals surface area contributed by atoms with Crippen molar-refractivity contribution in [3.8, 4) is 55.6 Å². The van der Waals surface area contributed by atoms with Crippen molar-refractivity contribution in [1.29, 1.82) is 0 Å². The van der Waals surface area contributed by atoms with Crippen LogP contribution in [0.2, 0.25) is 0 Å². The highest BCUT2D eigenvalue weighted by Crippen LogP contribution is 2.47. The first-order valence-electron chi connectivity index (χ1n) is 19.6. The fourth-order valence-corrected chi connectivity index (χ4v) is 8.28. The lowest BCUT2D eigenvalue weighted by Gasteiger charge is -2.30. The van der Waals surface area contributed by atoms with Crippen LogP contribution in [0.4, 0.5) is 17.1 Å². The largest absolute Gasteiger partial charge is 0.309 e.